The second-order valence-corrected chi connectivity index (χ2v) is 7.38. The number of nitrogens with one attached hydrogen (secondary N) is 1. The first kappa shape index (κ1) is 19.4. The Morgan fingerprint density at radius 1 is 1.23 bits per heavy atom. The van der Waals surface area contributed by atoms with Gasteiger partial charge in [0.25, 0.3) is 0 Å². The van der Waals surface area contributed by atoms with Gasteiger partial charge in [-0.25, -0.2) is 0 Å². The molecule has 0 saturated carbocycles. The van der Waals surface area contributed by atoms with E-state index in [1.54, 1.807) is 7.11 Å². The van der Waals surface area contributed by atoms with E-state index in [0.29, 0.717) is 10.8 Å². The van der Waals surface area contributed by atoms with Crippen LogP contribution in [0.2, 0.25) is 5.02 Å². The quantitative estimate of drug-likeness (QED) is 0.766. The maximum Gasteiger partial charge on any atom is 0.138 e. The number of halogens is 1. The van der Waals surface area contributed by atoms with Gasteiger partial charge >= 0.3 is 0 Å². The Morgan fingerprint density at radius 2 is 2.00 bits per heavy atom. The van der Waals surface area contributed by atoms with Gasteiger partial charge in [-0.3, -0.25) is 4.90 Å². The van der Waals surface area contributed by atoms with Gasteiger partial charge in [-0.05, 0) is 29.5 Å². The highest BCUT2D eigenvalue weighted by Crippen LogP contribution is 2.35. The van der Waals surface area contributed by atoms with Crippen molar-refractivity contribution < 1.29 is 9.84 Å². The molecule has 2 aromatic rings. The normalized spacial score (nSPS) is 18.0. The Bertz CT molecular complexity index is 731. The second-order valence-electron chi connectivity index (χ2n) is 7.00. The number of benzene rings is 2. The van der Waals surface area contributed by atoms with Crippen LogP contribution in [-0.4, -0.2) is 49.3 Å². The number of unbranched alkanes of at least 4 members (excludes halogenated alkanes) is 1. The first-order valence-electron chi connectivity index (χ1n) is 9.54. The van der Waals surface area contributed by atoms with Gasteiger partial charge in [-0.2, -0.15) is 0 Å². The number of aliphatic hydroxyl groups is 1. The van der Waals surface area contributed by atoms with E-state index in [4.69, 9.17) is 16.3 Å². The van der Waals surface area contributed by atoms with Crippen molar-refractivity contribution in [2.45, 2.75) is 38.3 Å². The number of hydrogen-bond donors (Lipinski definition) is 2. The van der Waals surface area contributed by atoms with E-state index in [9.17, 15) is 5.11 Å². The summed E-state index contributed by atoms with van der Waals surface area (Å²) < 4.78 is 5.30. The van der Waals surface area contributed by atoms with Crippen molar-refractivity contribution in [2.24, 2.45) is 0 Å². The lowest BCUT2D eigenvalue weighted by Crippen LogP contribution is -2.50. The highest BCUT2D eigenvalue weighted by atomic mass is 35.5. The van der Waals surface area contributed by atoms with Crippen molar-refractivity contribution in [1.82, 2.24) is 10.2 Å². The minimum atomic E-state index is -0.495. The summed E-state index contributed by atoms with van der Waals surface area (Å²) in [6.45, 7) is 6.15. The Hall–Kier alpha value is -1.33. The smallest absolute Gasteiger partial charge is 0.138 e. The molecule has 5 heteroatoms. The summed E-state index contributed by atoms with van der Waals surface area (Å²) in [4.78, 5) is 2.43. The van der Waals surface area contributed by atoms with Gasteiger partial charge < -0.3 is 15.2 Å². The number of methoxy groups -OCH3 is 1. The molecule has 4 nitrogen and oxygen atoms in total. The predicted molar refractivity (Wildman–Crippen MR) is 108 cm³/mol. The Balaban J connectivity index is 1.88. The largest absolute Gasteiger partial charge is 0.495 e. The molecule has 0 bridgehead atoms. The molecule has 3 rings (SSSR count). The molecular weight excluding hydrogens is 348 g/mol. The average Bonchev–Trinajstić information content (AvgIpc) is 2.69. The zero-order valence-corrected chi connectivity index (χ0v) is 16.4. The third-order valence-electron chi connectivity index (χ3n) is 5.34. The molecule has 2 aromatic carbocycles. The number of fused-ring (bicyclic) bond motifs is 1. The molecule has 1 aliphatic rings. The van der Waals surface area contributed by atoms with Gasteiger partial charge in [-0.15, -0.1) is 0 Å². The summed E-state index contributed by atoms with van der Waals surface area (Å²) in [5.74, 6) is 0.675. The molecule has 0 aromatic heterocycles. The fourth-order valence-corrected chi connectivity index (χ4v) is 4.13. The monoisotopic (exact) mass is 376 g/mol. The fourth-order valence-electron chi connectivity index (χ4n) is 3.82. The SMILES string of the molecule is CCCCC(C(O)c1ccc2c(Cl)c(OC)ccc2c1)N1CCNCC1. The molecule has 26 heavy (non-hydrogen) atoms. The van der Waals surface area contributed by atoms with Gasteiger partial charge in [0, 0.05) is 37.6 Å². The standard InChI is InChI=1S/C21H29ClN2O2/c1-3-4-5-18(24-12-10-23-11-13-24)21(25)16-6-8-17-15(14-16)7-9-19(26-2)20(17)22/h6-9,14,18,21,23,25H,3-5,10-13H2,1-2H3. The van der Waals surface area contributed by atoms with Crippen molar-refractivity contribution in [1.29, 1.82) is 0 Å². The van der Waals surface area contributed by atoms with Gasteiger partial charge in [0.1, 0.15) is 5.75 Å². The lowest BCUT2D eigenvalue weighted by Gasteiger charge is -2.38. The molecule has 0 spiro atoms. The topological polar surface area (TPSA) is 44.7 Å². The Kier molecular flexibility index (Phi) is 6.76. The first-order chi connectivity index (χ1) is 12.7. The maximum atomic E-state index is 11.2. The van der Waals surface area contributed by atoms with E-state index in [-0.39, 0.29) is 6.04 Å². The number of piperazine rings is 1. The zero-order valence-electron chi connectivity index (χ0n) is 15.7. The molecule has 0 amide bonds. The minimum absolute atomic E-state index is 0.156. The predicted octanol–water partition coefficient (Wildman–Crippen LogP) is 4.00. The molecular formula is C21H29ClN2O2. The highest BCUT2D eigenvalue weighted by Gasteiger charge is 2.28. The Labute approximate surface area is 161 Å². The van der Waals surface area contributed by atoms with Crippen LogP contribution in [0.25, 0.3) is 10.8 Å². The van der Waals surface area contributed by atoms with Crippen molar-refractivity contribution in [2.75, 3.05) is 33.3 Å². The van der Waals surface area contributed by atoms with Crippen molar-refractivity contribution >= 4 is 22.4 Å². The molecule has 0 radical (unpaired) electrons. The molecule has 1 heterocycles. The third kappa shape index (κ3) is 4.15. The van der Waals surface area contributed by atoms with E-state index >= 15 is 0 Å². The van der Waals surface area contributed by atoms with Crippen LogP contribution in [0.5, 0.6) is 5.75 Å². The first-order valence-corrected chi connectivity index (χ1v) is 9.92. The number of rotatable bonds is 7. The molecule has 1 fully saturated rings. The summed E-state index contributed by atoms with van der Waals surface area (Å²) in [5, 5.41) is 17.2. The van der Waals surface area contributed by atoms with Gasteiger partial charge in [0.05, 0.1) is 18.2 Å². The van der Waals surface area contributed by atoms with Gasteiger partial charge in [0.2, 0.25) is 0 Å². The van der Waals surface area contributed by atoms with Crippen molar-refractivity contribution in [3.05, 3.63) is 40.9 Å². The maximum absolute atomic E-state index is 11.2. The summed E-state index contributed by atoms with van der Waals surface area (Å²) in [7, 11) is 1.62. The second kappa shape index (κ2) is 9.05. The fraction of sp³-hybridized carbons (Fsp3) is 0.524. The number of aliphatic hydroxyl groups excluding tert-OH is 1. The van der Waals surface area contributed by atoms with Crippen LogP contribution in [0.15, 0.2) is 30.3 Å². The average molecular weight is 377 g/mol. The van der Waals surface area contributed by atoms with Crippen LogP contribution in [0.3, 0.4) is 0 Å². The summed E-state index contributed by atoms with van der Waals surface area (Å²) in [5.41, 5.74) is 0.957. The molecule has 1 aliphatic heterocycles. The van der Waals surface area contributed by atoms with Gasteiger partial charge in [0.15, 0.2) is 0 Å². The van der Waals surface area contributed by atoms with E-state index in [1.165, 1.54) is 0 Å². The van der Waals surface area contributed by atoms with Crippen LogP contribution in [0.1, 0.15) is 37.9 Å². The number of ether oxygens (including phenoxy) is 1. The molecule has 2 unspecified atom stereocenters. The van der Waals surface area contributed by atoms with E-state index in [2.05, 4.69) is 23.2 Å². The van der Waals surface area contributed by atoms with Crippen molar-refractivity contribution in [3.63, 3.8) is 0 Å². The molecule has 1 saturated heterocycles. The van der Waals surface area contributed by atoms with Crippen molar-refractivity contribution in [3.8, 4) is 5.75 Å². The lowest BCUT2D eigenvalue weighted by molar-refractivity contribution is 0.0352. The summed E-state index contributed by atoms with van der Waals surface area (Å²) >= 11 is 6.42. The van der Waals surface area contributed by atoms with Crippen LogP contribution < -0.4 is 10.1 Å². The lowest BCUT2D eigenvalue weighted by atomic mass is 9.94. The molecule has 2 atom stereocenters. The van der Waals surface area contributed by atoms with E-state index in [1.807, 2.05) is 24.3 Å². The number of nitrogens with zero attached hydrogens (tertiary/aromatic N) is 1. The van der Waals surface area contributed by atoms with Crippen LogP contribution in [-0.2, 0) is 0 Å². The highest BCUT2D eigenvalue weighted by molar-refractivity contribution is 6.37. The zero-order chi connectivity index (χ0) is 18.5. The Morgan fingerprint density at radius 3 is 2.69 bits per heavy atom. The number of hydrogen-bond acceptors (Lipinski definition) is 4. The van der Waals surface area contributed by atoms with E-state index in [0.717, 1.165) is 61.8 Å². The van der Waals surface area contributed by atoms with Crippen LogP contribution in [0, 0.1) is 0 Å². The van der Waals surface area contributed by atoms with Crippen LogP contribution in [0.4, 0.5) is 0 Å². The summed E-state index contributed by atoms with van der Waals surface area (Å²) in [6, 6.07) is 10.1. The van der Waals surface area contributed by atoms with Gasteiger partial charge in [-0.1, -0.05) is 49.6 Å². The molecule has 2 N–H and O–H groups in total. The van der Waals surface area contributed by atoms with E-state index < -0.39 is 6.10 Å². The third-order valence-corrected chi connectivity index (χ3v) is 5.73. The van der Waals surface area contributed by atoms with Crippen LogP contribution >= 0.6 is 11.6 Å². The molecule has 0 aliphatic carbocycles. The molecule has 142 valence electrons. The minimum Gasteiger partial charge on any atom is -0.495 e. The summed E-state index contributed by atoms with van der Waals surface area (Å²) in [6.07, 6.45) is 2.79.